The first-order valence-corrected chi connectivity index (χ1v) is 9.68. The number of halogens is 1. The number of rotatable bonds is 4. The van der Waals surface area contributed by atoms with E-state index < -0.39 is 11.7 Å². The van der Waals surface area contributed by atoms with E-state index in [9.17, 15) is 9.18 Å². The number of aryl methyl sites for hydroxylation is 1. The maximum absolute atomic E-state index is 14.6. The molecule has 9 nitrogen and oxygen atoms in total. The van der Waals surface area contributed by atoms with Crippen molar-refractivity contribution >= 4 is 23.2 Å². The number of pyridine rings is 2. The molecule has 30 heavy (non-hydrogen) atoms. The van der Waals surface area contributed by atoms with Crippen LogP contribution in [0, 0.1) is 12.7 Å². The van der Waals surface area contributed by atoms with Crippen molar-refractivity contribution in [2.24, 2.45) is 0 Å². The summed E-state index contributed by atoms with van der Waals surface area (Å²) < 4.78 is 16.0. The molecule has 1 aliphatic heterocycles. The van der Waals surface area contributed by atoms with Gasteiger partial charge in [0.25, 0.3) is 5.91 Å². The van der Waals surface area contributed by atoms with Crippen molar-refractivity contribution in [3.8, 4) is 11.3 Å². The molecule has 5 rings (SSSR count). The van der Waals surface area contributed by atoms with Crippen molar-refractivity contribution in [2.45, 2.75) is 19.8 Å². The first-order chi connectivity index (χ1) is 14.6. The molecule has 0 bridgehead atoms. The summed E-state index contributed by atoms with van der Waals surface area (Å²) in [5.41, 5.74) is 2.64. The minimum atomic E-state index is -0.608. The monoisotopic (exact) mass is 406 g/mol. The lowest BCUT2D eigenvalue weighted by molar-refractivity contribution is 0.102. The molecule has 0 atom stereocenters. The Morgan fingerprint density at radius 2 is 2.07 bits per heavy atom. The molecule has 10 heteroatoms. The van der Waals surface area contributed by atoms with Crippen LogP contribution in [0.25, 0.3) is 16.9 Å². The number of hydrogen-bond acceptors (Lipinski definition) is 6. The summed E-state index contributed by atoms with van der Waals surface area (Å²) in [5.74, 6) is -0.562. The van der Waals surface area contributed by atoms with E-state index >= 15 is 0 Å². The minimum Gasteiger partial charge on any atom is -0.340 e. The highest BCUT2D eigenvalue weighted by Gasteiger charge is 2.20. The Bertz CT molecular complexity index is 1240. The zero-order chi connectivity index (χ0) is 20.7. The predicted molar refractivity (Wildman–Crippen MR) is 109 cm³/mol. The molecular formula is C20H19FN8O. The Morgan fingerprint density at radius 1 is 1.23 bits per heavy atom. The normalized spacial score (nSPS) is 13.9. The van der Waals surface area contributed by atoms with Gasteiger partial charge in [0.05, 0.1) is 29.3 Å². The molecule has 0 saturated carbocycles. The first kappa shape index (κ1) is 18.2. The highest BCUT2D eigenvalue weighted by molar-refractivity contribution is 6.07. The molecule has 4 aromatic rings. The summed E-state index contributed by atoms with van der Waals surface area (Å²) in [5, 5.41) is 13.6. The van der Waals surface area contributed by atoms with E-state index in [0.29, 0.717) is 22.9 Å². The van der Waals surface area contributed by atoms with Crippen LogP contribution in [-0.2, 0) is 0 Å². The standard InChI is InChI=1S/C20H19FN8O/c1-12-5-4-6-15(23-12)13-10-22-26-18(13)19(30)24-16-9-17-25-20(28-7-2-3-8-28)27-29(17)11-14(16)21/h4-6,9-11H,2-3,7-8H2,1H3,(H,22,26)(H,24,30). The van der Waals surface area contributed by atoms with Crippen molar-refractivity contribution < 1.29 is 9.18 Å². The molecule has 0 unspecified atom stereocenters. The van der Waals surface area contributed by atoms with Gasteiger partial charge in [-0.2, -0.15) is 10.1 Å². The number of fused-ring (bicyclic) bond motifs is 1. The molecule has 1 amide bonds. The predicted octanol–water partition coefficient (Wildman–Crippen LogP) is 2.81. The van der Waals surface area contributed by atoms with Gasteiger partial charge < -0.3 is 10.2 Å². The van der Waals surface area contributed by atoms with E-state index in [1.165, 1.54) is 23.0 Å². The molecule has 0 aromatic carbocycles. The lowest BCUT2D eigenvalue weighted by Crippen LogP contribution is -2.19. The van der Waals surface area contributed by atoms with Gasteiger partial charge in [-0.3, -0.25) is 14.9 Å². The molecule has 1 aliphatic rings. The molecule has 2 N–H and O–H groups in total. The lowest BCUT2D eigenvalue weighted by atomic mass is 10.1. The quantitative estimate of drug-likeness (QED) is 0.540. The number of carbonyl (C=O) groups excluding carboxylic acids is 1. The topological polar surface area (TPSA) is 104 Å². The lowest BCUT2D eigenvalue weighted by Gasteiger charge is -2.10. The summed E-state index contributed by atoms with van der Waals surface area (Å²) in [6.07, 6.45) is 4.92. The number of nitrogens with zero attached hydrogens (tertiary/aromatic N) is 6. The van der Waals surface area contributed by atoms with Crippen LogP contribution in [-0.4, -0.2) is 48.8 Å². The van der Waals surface area contributed by atoms with E-state index in [-0.39, 0.29) is 11.4 Å². The molecule has 0 spiro atoms. The highest BCUT2D eigenvalue weighted by Crippen LogP contribution is 2.24. The van der Waals surface area contributed by atoms with E-state index in [1.54, 1.807) is 6.07 Å². The van der Waals surface area contributed by atoms with Crippen molar-refractivity contribution in [1.82, 2.24) is 29.8 Å². The van der Waals surface area contributed by atoms with Crippen LogP contribution in [0.15, 0.2) is 36.7 Å². The molecule has 1 saturated heterocycles. The molecular weight excluding hydrogens is 387 g/mol. The average molecular weight is 406 g/mol. The molecule has 4 aromatic heterocycles. The molecule has 0 radical (unpaired) electrons. The van der Waals surface area contributed by atoms with Gasteiger partial charge in [-0.25, -0.2) is 8.91 Å². The molecule has 1 fully saturated rings. The first-order valence-electron chi connectivity index (χ1n) is 9.68. The van der Waals surface area contributed by atoms with Gasteiger partial charge in [-0.15, -0.1) is 5.10 Å². The number of nitrogens with one attached hydrogen (secondary N) is 2. The van der Waals surface area contributed by atoms with Gasteiger partial charge in [0.15, 0.2) is 11.5 Å². The van der Waals surface area contributed by atoms with Crippen LogP contribution in [0.2, 0.25) is 0 Å². The number of carbonyl (C=O) groups is 1. The molecule has 0 aliphatic carbocycles. The Labute approximate surface area is 171 Å². The Morgan fingerprint density at radius 3 is 2.87 bits per heavy atom. The van der Waals surface area contributed by atoms with Crippen molar-refractivity contribution in [2.75, 3.05) is 23.3 Å². The third-order valence-corrected chi connectivity index (χ3v) is 5.08. The maximum atomic E-state index is 14.6. The highest BCUT2D eigenvalue weighted by atomic mass is 19.1. The fourth-order valence-electron chi connectivity index (χ4n) is 3.57. The van der Waals surface area contributed by atoms with E-state index in [0.717, 1.165) is 31.6 Å². The van der Waals surface area contributed by atoms with Gasteiger partial charge in [0, 0.05) is 24.8 Å². The Balaban J connectivity index is 1.44. The van der Waals surface area contributed by atoms with Crippen LogP contribution >= 0.6 is 0 Å². The smallest absolute Gasteiger partial charge is 0.274 e. The second kappa shape index (κ2) is 7.21. The zero-order valence-corrected chi connectivity index (χ0v) is 16.3. The number of hydrogen-bond donors (Lipinski definition) is 2. The largest absolute Gasteiger partial charge is 0.340 e. The number of anilines is 2. The SMILES string of the molecule is Cc1cccc(-c2cn[nH]c2C(=O)Nc2cc3nc(N4CCCC4)nn3cc2F)n1. The third-order valence-electron chi connectivity index (χ3n) is 5.08. The number of amides is 1. The second-order valence-electron chi connectivity index (χ2n) is 7.22. The van der Waals surface area contributed by atoms with E-state index in [1.807, 2.05) is 19.1 Å². The van der Waals surface area contributed by atoms with Gasteiger partial charge in [0.1, 0.15) is 5.69 Å². The van der Waals surface area contributed by atoms with Crippen LogP contribution in [0.1, 0.15) is 29.0 Å². The van der Waals surface area contributed by atoms with Gasteiger partial charge in [-0.1, -0.05) is 6.07 Å². The summed E-state index contributed by atoms with van der Waals surface area (Å²) in [4.78, 5) is 23.8. The summed E-state index contributed by atoms with van der Waals surface area (Å²) in [6, 6.07) is 6.98. The second-order valence-corrected chi connectivity index (χ2v) is 7.22. The summed E-state index contributed by atoms with van der Waals surface area (Å²) in [7, 11) is 0. The van der Waals surface area contributed by atoms with Gasteiger partial charge in [-0.05, 0) is 31.9 Å². The number of H-pyrrole nitrogens is 1. The zero-order valence-electron chi connectivity index (χ0n) is 16.3. The van der Waals surface area contributed by atoms with E-state index in [2.05, 4.69) is 35.5 Å². The minimum absolute atomic E-state index is 0.0191. The number of aromatic nitrogens is 6. The fraction of sp³-hybridized carbons (Fsp3) is 0.250. The van der Waals surface area contributed by atoms with Gasteiger partial charge >= 0.3 is 0 Å². The average Bonchev–Trinajstić information content (AvgIpc) is 3.48. The van der Waals surface area contributed by atoms with Crippen LogP contribution in [0.4, 0.5) is 16.0 Å². The van der Waals surface area contributed by atoms with Crippen LogP contribution < -0.4 is 10.2 Å². The van der Waals surface area contributed by atoms with Crippen molar-refractivity contribution in [3.05, 3.63) is 53.9 Å². The van der Waals surface area contributed by atoms with Crippen molar-refractivity contribution in [1.29, 1.82) is 0 Å². The van der Waals surface area contributed by atoms with E-state index in [4.69, 9.17) is 0 Å². The fourth-order valence-corrected chi connectivity index (χ4v) is 3.57. The molecule has 5 heterocycles. The maximum Gasteiger partial charge on any atom is 0.274 e. The Kier molecular flexibility index (Phi) is 4.38. The number of aromatic amines is 1. The molecule has 152 valence electrons. The van der Waals surface area contributed by atoms with Crippen molar-refractivity contribution in [3.63, 3.8) is 0 Å². The van der Waals surface area contributed by atoms with Crippen LogP contribution in [0.3, 0.4) is 0 Å². The van der Waals surface area contributed by atoms with Gasteiger partial charge in [0.2, 0.25) is 5.95 Å². The van der Waals surface area contributed by atoms with Crippen LogP contribution in [0.5, 0.6) is 0 Å². The third kappa shape index (κ3) is 3.25. The summed E-state index contributed by atoms with van der Waals surface area (Å²) >= 11 is 0. The summed E-state index contributed by atoms with van der Waals surface area (Å²) in [6.45, 7) is 3.64. The Hall–Kier alpha value is -3.82.